The minimum atomic E-state index is 0. The molecule has 1 aliphatic rings. The Labute approximate surface area is 153 Å². The number of likely N-dealkylation sites (tertiary alicyclic amines) is 1. The van der Waals surface area contributed by atoms with Gasteiger partial charge in [0.05, 0.1) is 5.52 Å². The molecule has 0 aliphatic carbocycles. The Balaban J connectivity index is 0.00000132. The van der Waals surface area contributed by atoms with Gasteiger partial charge in [0.15, 0.2) is 0 Å². The summed E-state index contributed by atoms with van der Waals surface area (Å²) in [4.78, 5) is 19.1. The second kappa shape index (κ2) is 8.69. The van der Waals surface area contributed by atoms with Crippen LogP contribution in [-0.2, 0) is 0 Å². The van der Waals surface area contributed by atoms with Gasteiger partial charge in [0.2, 0.25) is 0 Å². The summed E-state index contributed by atoms with van der Waals surface area (Å²) in [6.07, 6.45) is 2.10. The molecule has 23 heavy (non-hydrogen) atoms. The molecule has 1 unspecified atom stereocenters. The highest BCUT2D eigenvalue weighted by molar-refractivity contribution is 6.31. The molecule has 2 heterocycles. The Morgan fingerprint density at radius 3 is 2.83 bits per heavy atom. The molecule has 1 saturated heterocycles. The molecule has 0 spiro atoms. The SMILES string of the molecule is CNCC1CCCN1C(=O)c1ccc2ccc(Cl)cc2n1.Cl.Cl. The van der Waals surface area contributed by atoms with E-state index in [1.54, 1.807) is 12.1 Å². The summed E-state index contributed by atoms with van der Waals surface area (Å²) in [6.45, 7) is 1.63. The minimum Gasteiger partial charge on any atom is -0.333 e. The van der Waals surface area contributed by atoms with Crippen LogP contribution in [0.1, 0.15) is 23.3 Å². The molecular formula is C16H20Cl3N3O. The summed E-state index contributed by atoms with van der Waals surface area (Å²) in [5.41, 5.74) is 1.26. The van der Waals surface area contributed by atoms with Crippen molar-refractivity contribution in [2.45, 2.75) is 18.9 Å². The van der Waals surface area contributed by atoms with Gasteiger partial charge in [-0.2, -0.15) is 0 Å². The maximum atomic E-state index is 12.7. The number of hydrogen-bond acceptors (Lipinski definition) is 3. The maximum Gasteiger partial charge on any atom is 0.272 e. The Kier molecular flexibility index (Phi) is 7.55. The first-order chi connectivity index (χ1) is 10.2. The fourth-order valence-corrected chi connectivity index (χ4v) is 3.07. The Morgan fingerprint density at radius 1 is 1.35 bits per heavy atom. The summed E-state index contributed by atoms with van der Waals surface area (Å²) in [6, 6.07) is 9.53. The van der Waals surface area contributed by atoms with Crippen LogP contribution in [0.25, 0.3) is 10.9 Å². The zero-order chi connectivity index (χ0) is 14.8. The average Bonchev–Trinajstić information content (AvgIpc) is 2.94. The normalized spacial score (nSPS) is 16.8. The second-order valence-electron chi connectivity index (χ2n) is 5.39. The highest BCUT2D eigenvalue weighted by atomic mass is 35.5. The summed E-state index contributed by atoms with van der Waals surface area (Å²) >= 11 is 6.00. The predicted octanol–water partition coefficient (Wildman–Crippen LogP) is 3.56. The molecule has 1 aliphatic heterocycles. The monoisotopic (exact) mass is 375 g/mol. The summed E-state index contributed by atoms with van der Waals surface area (Å²) in [7, 11) is 1.91. The highest BCUT2D eigenvalue weighted by Crippen LogP contribution is 2.22. The van der Waals surface area contributed by atoms with Gasteiger partial charge in [-0.25, -0.2) is 4.98 Å². The number of hydrogen-bond donors (Lipinski definition) is 1. The number of aromatic nitrogens is 1. The Hall–Kier alpha value is -1.07. The van der Waals surface area contributed by atoms with Crippen molar-refractivity contribution in [2.75, 3.05) is 20.1 Å². The van der Waals surface area contributed by atoms with Crippen molar-refractivity contribution in [1.82, 2.24) is 15.2 Å². The molecule has 1 N–H and O–H groups in total. The largest absolute Gasteiger partial charge is 0.333 e. The van der Waals surface area contributed by atoms with E-state index in [-0.39, 0.29) is 36.8 Å². The van der Waals surface area contributed by atoms with E-state index in [2.05, 4.69) is 10.3 Å². The molecule has 126 valence electrons. The zero-order valence-electron chi connectivity index (χ0n) is 12.8. The molecule has 3 rings (SSSR count). The lowest BCUT2D eigenvalue weighted by molar-refractivity contribution is 0.0731. The minimum absolute atomic E-state index is 0. The second-order valence-corrected chi connectivity index (χ2v) is 5.82. The van der Waals surface area contributed by atoms with Crippen molar-refractivity contribution < 1.29 is 4.79 Å². The number of likely N-dealkylation sites (N-methyl/N-ethyl adjacent to an activating group) is 1. The Morgan fingerprint density at radius 2 is 2.09 bits per heavy atom. The van der Waals surface area contributed by atoms with Gasteiger partial charge in [0.25, 0.3) is 5.91 Å². The lowest BCUT2D eigenvalue weighted by atomic mass is 10.2. The lowest BCUT2D eigenvalue weighted by Crippen LogP contribution is -2.41. The number of nitrogens with one attached hydrogen (secondary N) is 1. The maximum absolute atomic E-state index is 12.7. The van der Waals surface area contributed by atoms with Gasteiger partial charge in [0, 0.05) is 29.5 Å². The fourth-order valence-electron chi connectivity index (χ4n) is 2.91. The molecule has 1 aromatic carbocycles. The van der Waals surface area contributed by atoms with E-state index >= 15 is 0 Å². The number of pyridine rings is 1. The molecule has 1 atom stereocenters. The van der Waals surface area contributed by atoms with Crippen LogP contribution < -0.4 is 5.32 Å². The molecule has 1 fully saturated rings. The number of nitrogens with zero attached hydrogens (tertiary/aromatic N) is 2. The summed E-state index contributed by atoms with van der Waals surface area (Å²) in [5.74, 6) is 0.00891. The third kappa shape index (κ3) is 4.27. The van der Waals surface area contributed by atoms with E-state index in [1.165, 1.54) is 0 Å². The van der Waals surface area contributed by atoms with Crippen LogP contribution in [-0.4, -0.2) is 42.0 Å². The van der Waals surface area contributed by atoms with Gasteiger partial charge >= 0.3 is 0 Å². The van der Waals surface area contributed by atoms with Crippen LogP contribution in [0.4, 0.5) is 0 Å². The standard InChI is InChI=1S/C16H18ClN3O.2ClH/c1-18-10-13-3-2-8-20(13)16(21)14-7-5-11-4-6-12(17)9-15(11)19-14;;/h4-7,9,13,18H,2-3,8,10H2,1H3;2*1H. The van der Waals surface area contributed by atoms with Crippen molar-refractivity contribution in [3.8, 4) is 0 Å². The first-order valence-corrected chi connectivity index (χ1v) is 7.59. The molecule has 7 heteroatoms. The highest BCUT2D eigenvalue weighted by Gasteiger charge is 2.29. The van der Waals surface area contributed by atoms with Crippen molar-refractivity contribution in [3.63, 3.8) is 0 Å². The van der Waals surface area contributed by atoms with Crippen LogP contribution in [0.5, 0.6) is 0 Å². The number of benzene rings is 1. The van der Waals surface area contributed by atoms with Gasteiger partial charge < -0.3 is 10.2 Å². The van der Waals surface area contributed by atoms with Crippen molar-refractivity contribution in [1.29, 1.82) is 0 Å². The molecule has 4 nitrogen and oxygen atoms in total. The molecule has 1 aromatic heterocycles. The van der Waals surface area contributed by atoms with E-state index in [1.807, 2.05) is 30.1 Å². The van der Waals surface area contributed by atoms with Crippen LogP contribution in [0.3, 0.4) is 0 Å². The predicted molar refractivity (Wildman–Crippen MR) is 99.2 cm³/mol. The van der Waals surface area contributed by atoms with Crippen LogP contribution in [0.15, 0.2) is 30.3 Å². The number of carbonyl (C=O) groups is 1. The summed E-state index contributed by atoms with van der Waals surface area (Å²) < 4.78 is 0. The third-order valence-corrected chi connectivity index (χ3v) is 4.19. The van der Waals surface area contributed by atoms with E-state index in [4.69, 9.17) is 11.6 Å². The molecule has 1 amide bonds. The number of fused-ring (bicyclic) bond motifs is 1. The number of amides is 1. The molecule has 0 radical (unpaired) electrons. The smallest absolute Gasteiger partial charge is 0.272 e. The van der Waals surface area contributed by atoms with Crippen LogP contribution in [0, 0.1) is 0 Å². The van der Waals surface area contributed by atoms with E-state index in [0.717, 1.165) is 36.8 Å². The molecule has 0 bridgehead atoms. The van der Waals surface area contributed by atoms with Crippen molar-refractivity contribution in [2.24, 2.45) is 0 Å². The Bertz CT molecular complexity index is 681. The first-order valence-electron chi connectivity index (χ1n) is 7.21. The van der Waals surface area contributed by atoms with Gasteiger partial charge in [-0.1, -0.05) is 23.7 Å². The number of rotatable bonds is 3. The molecular weight excluding hydrogens is 357 g/mol. The number of halogens is 3. The van der Waals surface area contributed by atoms with Crippen molar-refractivity contribution >= 4 is 53.2 Å². The first kappa shape index (κ1) is 20.0. The van der Waals surface area contributed by atoms with E-state index in [0.29, 0.717) is 10.7 Å². The lowest BCUT2D eigenvalue weighted by Gasteiger charge is -2.24. The summed E-state index contributed by atoms with van der Waals surface area (Å²) in [5, 5.41) is 4.77. The molecule has 2 aromatic rings. The van der Waals surface area contributed by atoms with Crippen molar-refractivity contribution in [3.05, 3.63) is 41.0 Å². The quantitative estimate of drug-likeness (QED) is 0.891. The van der Waals surface area contributed by atoms with E-state index in [9.17, 15) is 4.79 Å². The van der Waals surface area contributed by atoms with E-state index < -0.39 is 0 Å². The van der Waals surface area contributed by atoms with Crippen LogP contribution in [0.2, 0.25) is 5.02 Å². The zero-order valence-corrected chi connectivity index (χ0v) is 15.2. The van der Waals surface area contributed by atoms with Crippen LogP contribution >= 0.6 is 36.4 Å². The fraction of sp³-hybridized carbons (Fsp3) is 0.375. The van der Waals surface area contributed by atoms with Gasteiger partial charge in [-0.05, 0) is 38.1 Å². The number of carbonyl (C=O) groups excluding carboxylic acids is 1. The molecule has 0 saturated carbocycles. The topological polar surface area (TPSA) is 45.2 Å². The van der Waals surface area contributed by atoms with Gasteiger partial charge in [-0.15, -0.1) is 24.8 Å². The van der Waals surface area contributed by atoms with Gasteiger partial charge in [0.1, 0.15) is 5.69 Å². The average molecular weight is 377 g/mol. The third-order valence-electron chi connectivity index (χ3n) is 3.95. The van der Waals surface area contributed by atoms with Gasteiger partial charge in [-0.3, -0.25) is 4.79 Å².